The maximum Gasteiger partial charge on any atom is 0.300 e. The van der Waals surface area contributed by atoms with Crippen LogP contribution in [0.25, 0.3) is 0 Å². The minimum atomic E-state index is -1.87. The molecule has 0 spiro atoms. The zero-order valence-corrected chi connectivity index (χ0v) is 80.9. The van der Waals surface area contributed by atoms with Gasteiger partial charge in [0.2, 0.25) is 100 Å². The fourth-order valence-corrected chi connectivity index (χ4v) is 13.4. The van der Waals surface area contributed by atoms with Crippen LogP contribution in [-0.4, -0.2) is 317 Å². The number of carboxylic acid groups (broad SMARTS) is 1. The summed E-state index contributed by atoms with van der Waals surface area (Å²) in [7, 11) is 0. The molecule has 2 aromatic carbocycles. The van der Waals surface area contributed by atoms with E-state index in [0.29, 0.717) is 62.7 Å². The van der Waals surface area contributed by atoms with E-state index in [1.807, 2.05) is 0 Å². The second-order valence-electron chi connectivity index (χ2n) is 34.9. The van der Waals surface area contributed by atoms with Crippen molar-refractivity contribution in [1.82, 2.24) is 95.7 Å². The third-order valence-corrected chi connectivity index (χ3v) is 21.1. The molecule has 2 aromatic rings. The van der Waals surface area contributed by atoms with Crippen LogP contribution < -0.4 is 136 Å². The van der Waals surface area contributed by atoms with Crippen molar-refractivity contribution in [3.63, 3.8) is 0 Å². The van der Waals surface area contributed by atoms with E-state index in [4.69, 9.17) is 60.9 Å². The van der Waals surface area contributed by atoms with E-state index in [1.54, 1.807) is 55.4 Å². The molecular formula is C88H151N27O25. The molecule has 0 heterocycles. The molecule has 41 N–H and O–H groups in total. The van der Waals surface area contributed by atoms with Gasteiger partial charge in [-0.25, -0.2) is 0 Å². The zero-order chi connectivity index (χ0) is 106. The van der Waals surface area contributed by atoms with Gasteiger partial charge in [0, 0.05) is 39.4 Å². The smallest absolute Gasteiger partial charge is 0.300 e. The first-order valence-corrected chi connectivity index (χ1v) is 46.3. The van der Waals surface area contributed by atoms with Crippen LogP contribution in [0.3, 0.4) is 0 Å². The molecule has 0 saturated carbocycles. The highest BCUT2D eigenvalue weighted by Gasteiger charge is 2.39. The van der Waals surface area contributed by atoms with Gasteiger partial charge in [0.1, 0.15) is 90.0 Å². The molecular weight excluding hydrogens is 1840 g/mol. The van der Waals surface area contributed by atoms with Crippen LogP contribution >= 0.6 is 0 Å². The number of nitrogens with one attached hydrogen (secondary N) is 20. The number of nitrogens with two attached hydrogens (primary N) is 7. The lowest BCUT2D eigenvalue weighted by Crippen LogP contribution is -2.61. The summed E-state index contributed by atoms with van der Waals surface area (Å²) in [6.45, 7) is 9.34. The summed E-state index contributed by atoms with van der Waals surface area (Å²) in [5.41, 5.74) is 40.4. The summed E-state index contributed by atoms with van der Waals surface area (Å²) in [6.07, 6.45) is 1.67. The predicted molar refractivity (Wildman–Crippen MR) is 511 cm³/mol. The Kier molecular flexibility index (Phi) is 60.5. The standard InChI is InChI=1S/C86H147N27O23.C2H4O2/c1-45(2)35-58(104-81(133)64(43-116)110-83(135)68(47(5)6)112-66(120)39-99-71(123)53(89)17-9-12-30-87)75(127)108-62(41-114)79(131)106-60(37-49-22-26-51(118)27-23-49)77(129)102-56(20-15-33-97-85(92)93)73(125)96-32-14-11-19-55(70(91)122)101-74(126)57(21-16-34-98-86(94)95)103-78(130)61(38-50-24-28-52(119)29-25-50)107-80(132)63(42-115)109-76(128)59(36-46(3)4)105-82(134)65(44-117)111-84(136)69(48(7)8)113-67(121)40-100-72(124)54(90)18-10-13-31-88;1-2(3)4/h22-29,45-48,53-65,68-69,114-119H,9-21,30-44,87-90H2,1-8H3,(H2,91,122)(H,96,125)(H,99,123)(H,100,124)(H,101,126)(H,102,129)(H,103,130)(H,104,133)(H,105,134)(H,106,131)(H,107,132)(H,108,127)(H,109,128)(H,110,135)(H,111,136)(H,112,120)(H,113,121)(H4,92,93,97)(H4,94,95,98);1H3,(H,3,4)/t53-,54-,55-,56-,57-,58-,59-,60-,61-,62-,63-,64-,65-,68-,69-;/m0./s1. The Morgan fingerprint density at radius 1 is 0.314 bits per heavy atom. The monoisotopic (exact) mass is 1990 g/mol. The van der Waals surface area contributed by atoms with E-state index >= 15 is 0 Å². The number of unbranched alkanes of at least 4 members (excludes halogenated alkanes) is 3. The van der Waals surface area contributed by atoms with Gasteiger partial charge in [-0.3, -0.25) is 97.1 Å². The SMILES string of the molecule is CC(=O)O.CC(C)C[C@H](NC(=O)[C@H](CO)NC(=O)[C@@H](NC(=O)CNC(=O)[C@@H](N)CCCCN)C(C)C)C(=O)N[C@@H](CO)C(=O)N[C@@H](Cc1ccc(O)cc1)C(=O)N[C@@H](CCCNC(=N)N)C(=O)NCCCC[C@H](NC(=O)[C@H](CCCNC(=N)N)NC(=O)[C@H](Cc1ccc(O)cc1)NC(=O)[C@H](CO)NC(=O)[C@H](CC(C)C)NC(=O)[C@H](CO)NC(=O)[C@@H](NC(=O)CNC(=O)[C@@H](N)CCCCN)C(C)C)C(N)=O. The summed E-state index contributed by atoms with van der Waals surface area (Å²) in [5.74, 6) is -20.2. The Morgan fingerprint density at radius 2 is 0.579 bits per heavy atom. The van der Waals surface area contributed by atoms with Crippen molar-refractivity contribution in [3.8, 4) is 11.5 Å². The molecule has 52 heteroatoms. The molecule has 52 nitrogen and oxygen atoms in total. The van der Waals surface area contributed by atoms with Crippen molar-refractivity contribution in [3.05, 3.63) is 59.7 Å². The highest BCUT2D eigenvalue weighted by Crippen LogP contribution is 2.18. The lowest BCUT2D eigenvalue weighted by atomic mass is 10.0. The van der Waals surface area contributed by atoms with Crippen molar-refractivity contribution in [1.29, 1.82) is 10.8 Å². The van der Waals surface area contributed by atoms with Gasteiger partial charge in [-0.15, -0.1) is 0 Å². The van der Waals surface area contributed by atoms with Crippen LogP contribution in [0.2, 0.25) is 0 Å². The fourth-order valence-electron chi connectivity index (χ4n) is 13.4. The van der Waals surface area contributed by atoms with Gasteiger partial charge in [-0.05, 0) is 156 Å². The van der Waals surface area contributed by atoms with Gasteiger partial charge in [0.15, 0.2) is 11.9 Å². The number of aliphatic hydroxyl groups is 4. The lowest BCUT2D eigenvalue weighted by molar-refractivity contribution is -0.136. The molecule has 17 amide bonds. The number of carbonyl (C=O) groups is 18. The quantitative estimate of drug-likeness (QED) is 0.0166. The second-order valence-corrected chi connectivity index (χ2v) is 34.9. The van der Waals surface area contributed by atoms with Gasteiger partial charge in [-0.1, -0.05) is 92.5 Å². The molecule has 140 heavy (non-hydrogen) atoms. The number of benzene rings is 2. The largest absolute Gasteiger partial charge is 0.508 e. The maximum absolute atomic E-state index is 14.7. The van der Waals surface area contributed by atoms with Gasteiger partial charge < -0.3 is 172 Å². The second kappa shape index (κ2) is 67.9. The average molecular weight is 1990 g/mol. The van der Waals surface area contributed by atoms with E-state index in [2.05, 4.69) is 95.7 Å². The number of phenolic OH excluding ortho intramolecular Hbond substituents is 2. The van der Waals surface area contributed by atoms with E-state index in [-0.39, 0.29) is 114 Å². The fraction of sp³-hybridized carbons (Fsp3) is 0.636. The Labute approximate surface area is 812 Å². The van der Waals surface area contributed by atoms with Crippen LogP contribution in [0.1, 0.15) is 170 Å². The first-order chi connectivity index (χ1) is 65.9. The first-order valence-electron chi connectivity index (χ1n) is 46.3. The highest BCUT2D eigenvalue weighted by molar-refractivity contribution is 6.01. The highest BCUT2D eigenvalue weighted by atomic mass is 16.4. The van der Waals surface area contributed by atoms with Gasteiger partial charge >= 0.3 is 0 Å². The third kappa shape index (κ3) is 51.4. The van der Waals surface area contributed by atoms with E-state index in [1.165, 1.54) is 48.5 Å². The van der Waals surface area contributed by atoms with Crippen molar-refractivity contribution < 1.29 is 122 Å². The van der Waals surface area contributed by atoms with Crippen molar-refractivity contribution in [2.45, 2.75) is 262 Å². The van der Waals surface area contributed by atoms with Crippen LogP contribution in [0.4, 0.5) is 0 Å². The number of phenols is 2. The van der Waals surface area contributed by atoms with Gasteiger partial charge in [0.25, 0.3) is 5.97 Å². The molecule has 0 aliphatic rings. The summed E-state index contributed by atoms with van der Waals surface area (Å²) in [6, 6.07) is -11.7. The molecule has 15 atom stereocenters. The lowest BCUT2D eigenvalue weighted by Gasteiger charge is -2.28. The molecule has 0 aliphatic carbocycles. The number of aromatic hydroxyl groups is 2. The molecule has 0 fully saturated rings. The number of primary amides is 1. The van der Waals surface area contributed by atoms with Crippen molar-refractivity contribution in [2.75, 3.05) is 72.2 Å². The topological polar surface area (TPSA) is 895 Å². The Hall–Kier alpha value is -13.3. The number of carboxylic acids is 1. The summed E-state index contributed by atoms with van der Waals surface area (Å²) in [4.78, 5) is 243. The normalized spacial score (nSPS) is 14.3. The Morgan fingerprint density at radius 3 is 0.886 bits per heavy atom. The summed E-state index contributed by atoms with van der Waals surface area (Å²) in [5, 5.41) is 130. The average Bonchev–Trinajstić information content (AvgIpc) is 0.862. The maximum atomic E-state index is 14.7. The first kappa shape index (κ1) is 125. The van der Waals surface area contributed by atoms with Crippen LogP contribution in [0.5, 0.6) is 11.5 Å². The van der Waals surface area contributed by atoms with E-state index in [9.17, 15) is 112 Å². The zero-order valence-electron chi connectivity index (χ0n) is 80.9. The molecule has 0 unspecified atom stereocenters. The van der Waals surface area contributed by atoms with Gasteiger partial charge in [0.05, 0.1) is 51.6 Å². The number of aliphatic hydroxyl groups excluding tert-OH is 4. The van der Waals surface area contributed by atoms with Crippen LogP contribution in [0.15, 0.2) is 48.5 Å². The summed E-state index contributed by atoms with van der Waals surface area (Å²) >= 11 is 0. The number of hydrogen-bond donors (Lipinski definition) is 34. The van der Waals surface area contributed by atoms with Crippen LogP contribution in [-0.2, 0) is 99.1 Å². The Bertz CT molecular complexity index is 4320. The number of carbonyl (C=O) groups excluding carboxylic acids is 17. The third-order valence-electron chi connectivity index (χ3n) is 21.1. The molecule has 0 aliphatic heterocycles. The Balaban J connectivity index is 0.0000240. The molecule has 2 rings (SSSR count). The predicted octanol–water partition coefficient (Wildman–Crippen LogP) is -9.91. The number of guanidine groups is 2. The minimum absolute atomic E-state index is 0.0159. The number of amides is 17. The number of hydrogen-bond acceptors (Lipinski definition) is 30. The molecule has 0 aromatic heterocycles. The molecule has 788 valence electrons. The van der Waals surface area contributed by atoms with Crippen LogP contribution in [0, 0.1) is 34.5 Å². The van der Waals surface area contributed by atoms with Crippen molar-refractivity contribution in [2.24, 2.45) is 63.8 Å². The number of aliphatic carboxylic acids is 1. The van der Waals surface area contributed by atoms with E-state index < -0.39 is 260 Å². The molecule has 0 radical (unpaired) electrons. The minimum Gasteiger partial charge on any atom is -0.508 e. The summed E-state index contributed by atoms with van der Waals surface area (Å²) < 4.78 is 0. The van der Waals surface area contributed by atoms with E-state index in [0.717, 1.165) is 6.92 Å². The van der Waals surface area contributed by atoms with Gasteiger partial charge in [-0.2, -0.15) is 0 Å². The number of rotatable bonds is 67. The molecule has 0 bridgehead atoms. The molecule has 0 saturated heterocycles. The van der Waals surface area contributed by atoms with Crippen molar-refractivity contribution >= 4 is 118 Å².